The normalized spacial score (nSPS) is 14.8. The van der Waals surface area contributed by atoms with Gasteiger partial charge in [-0.25, -0.2) is 0 Å². The van der Waals surface area contributed by atoms with Gasteiger partial charge >= 0.3 is 0 Å². The molecule has 0 unspecified atom stereocenters. The van der Waals surface area contributed by atoms with Crippen LogP contribution in [0.3, 0.4) is 0 Å². The van der Waals surface area contributed by atoms with Gasteiger partial charge in [-0.3, -0.25) is 14.2 Å². The standard InChI is InChI=1S/C20H23N5O4S/c1-2-25-18(15-5-3-11-28-15)22-23-20(25)30-13-17(26)21-14-7-9-24(10-8-14)19(27)16-6-4-12-29-16/h3-6,11-12,14H,2,7-10,13H2,1H3,(H,21,26). The Morgan fingerprint density at radius 2 is 1.93 bits per heavy atom. The molecule has 30 heavy (non-hydrogen) atoms. The maximum Gasteiger partial charge on any atom is 0.289 e. The summed E-state index contributed by atoms with van der Waals surface area (Å²) in [4.78, 5) is 26.5. The van der Waals surface area contributed by atoms with Crippen LogP contribution in [-0.4, -0.2) is 56.4 Å². The average molecular weight is 430 g/mol. The van der Waals surface area contributed by atoms with Crippen LogP contribution >= 0.6 is 11.8 Å². The van der Waals surface area contributed by atoms with Crippen LogP contribution in [0.15, 0.2) is 50.8 Å². The molecule has 1 N–H and O–H groups in total. The third-order valence-electron chi connectivity index (χ3n) is 4.99. The summed E-state index contributed by atoms with van der Waals surface area (Å²) in [6, 6.07) is 7.06. The van der Waals surface area contributed by atoms with Crippen molar-refractivity contribution in [3.63, 3.8) is 0 Å². The molecule has 2 amide bonds. The monoisotopic (exact) mass is 429 g/mol. The van der Waals surface area contributed by atoms with Crippen LogP contribution in [0.5, 0.6) is 0 Å². The van der Waals surface area contributed by atoms with E-state index in [1.165, 1.54) is 18.0 Å². The summed E-state index contributed by atoms with van der Waals surface area (Å²) in [6.07, 6.45) is 4.53. The van der Waals surface area contributed by atoms with E-state index in [1.807, 2.05) is 17.6 Å². The molecule has 0 aliphatic carbocycles. The molecule has 0 radical (unpaired) electrons. The fraction of sp³-hybridized carbons (Fsp3) is 0.400. The second-order valence-electron chi connectivity index (χ2n) is 6.93. The molecule has 3 aromatic heterocycles. The number of aromatic nitrogens is 3. The van der Waals surface area contributed by atoms with Gasteiger partial charge in [-0.2, -0.15) is 0 Å². The van der Waals surface area contributed by atoms with Crippen molar-refractivity contribution in [1.29, 1.82) is 0 Å². The van der Waals surface area contributed by atoms with Crippen LogP contribution in [-0.2, 0) is 11.3 Å². The lowest BCUT2D eigenvalue weighted by molar-refractivity contribution is -0.119. The molecule has 0 atom stereocenters. The fourth-order valence-corrected chi connectivity index (χ4v) is 4.26. The van der Waals surface area contributed by atoms with Crippen molar-refractivity contribution < 1.29 is 18.4 Å². The number of amides is 2. The Labute approximate surface area is 177 Å². The maximum atomic E-state index is 12.4. The average Bonchev–Trinajstić information content (AvgIpc) is 3.53. The zero-order valence-electron chi connectivity index (χ0n) is 16.6. The number of rotatable bonds is 7. The fourth-order valence-electron chi connectivity index (χ4n) is 3.45. The Hall–Kier alpha value is -3.01. The van der Waals surface area contributed by atoms with E-state index in [2.05, 4.69) is 15.5 Å². The molecule has 0 bridgehead atoms. The number of likely N-dealkylation sites (tertiary alicyclic amines) is 1. The molecule has 158 valence electrons. The molecule has 0 saturated carbocycles. The van der Waals surface area contributed by atoms with Crippen LogP contribution in [0.25, 0.3) is 11.6 Å². The van der Waals surface area contributed by atoms with E-state index in [0.29, 0.717) is 42.1 Å². The number of hydrogen-bond donors (Lipinski definition) is 1. The van der Waals surface area contributed by atoms with Gasteiger partial charge in [0.05, 0.1) is 18.3 Å². The predicted octanol–water partition coefficient (Wildman–Crippen LogP) is 2.66. The second-order valence-corrected chi connectivity index (χ2v) is 7.87. The number of nitrogens with zero attached hydrogens (tertiary/aromatic N) is 4. The van der Waals surface area contributed by atoms with Gasteiger partial charge in [0.2, 0.25) is 5.91 Å². The molecular formula is C20H23N5O4S. The van der Waals surface area contributed by atoms with Crippen molar-refractivity contribution >= 4 is 23.6 Å². The Kier molecular flexibility index (Phi) is 6.22. The summed E-state index contributed by atoms with van der Waals surface area (Å²) < 4.78 is 12.5. The van der Waals surface area contributed by atoms with Gasteiger partial charge in [0.1, 0.15) is 0 Å². The molecule has 1 aliphatic rings. The summed E-state index contributed by atoms with van der Waals surface area (Å²) in [6.45, 7) is 3.86. The largest absolute Gasteiger partial charge is 0.461 e. The van der Waals surface area contributed by atoms with E-state index in [1.54, 1.807) is 29.4 Å². The lowest BCUT2D eigenvalue weighted by Crippen LogP contribution is -2.46. The number of piperidine rings is 1. The third-order valence-corrected chi connectivity index (χ3v) is 5.95. The van der Waals surface area contributed by atoms with Crippen molar-refractivity contribution in [3.8, 4) is 11.6 Å². The van der Waals surface area contributed by atoms with E-state index in [0.717, 1.165) is 12.8 Å². The minimum Gasteiger partial charge on any atom is -0.461 e. The molecule has 9 nitrogen and oxygen atoms in total. The molecule has 10 heteroatoms. The van der Waals surface area contributed by atoms with Crippen LogP contribution in [0.4, 0.5) is 0 Å². The number of thioether (sulfide) groups is 1. The maximum absolute atomic E-state index is 12.4. The van der Waals surface area contributed by atoms with Gasteiger partial charge in [-0.15, -0.1) is 10.2 Å². The molecule has 0 aromatic carbocycles. The van der Waals surface area contributed by atoms with E-state index >= 15 is 0 Å². The molecule has 4 rings (SSSR count). The predicted molar refractivity (Wildman–Crippen MR) is 110 cm³/mol. The van der Waals surface area contributed by atoms with Crippen LogP contribution in [0.1, 0.15) is 30.3 Å². The summed E-state index contributed by atoms with van der Waals surface area (Å²) in [5, 5.41) is 12.1. The number of carbonyl (C=O) groups excluding carboxylic acids is 2. The quantitative estimate of drug-likeness (QED) is 0.576. The first-order valence-corrected chi connectivity index (χ1v) is 10.9. The number of carbonyl (C=O) groups is 2. The molecule has 1 fully saturated rings. The highest BCUT2D eigenvalue weighted by Crippen LogP contribution is 2.24. The summed E-state index contributed by atoms with van der Waals surface area (Å²) in [5.74, 6) is 1.74. The van der Waals surface area contributed by atoms with Crippen LogP contribution in [0, 0.1) is 0 Å². The molecule has 3 aromatic rings. The molecule has 0 spiro atoms. The van der Waals surface area contributed by atoms with Gasteiger partial charge in [-0.05, 0) is 44.0 Å². The number of furan rings is 2. The first-order chi connectivity index (χ1) is 14.7. The van der Waals surface area contributed by atoms with Gasteiger partial charge in [0.25, 0.3) is 5.91 Å². The van der Waals surface area contributed by atoms with Gasteiger partial charge in [-0.1, -0.05) is 11.8 Å². The van der Waals surface area contributed by atoms with E-state index < -0.39 is 0 Å². The van der Waals surface area contributed by atoms with Gasteiger partial charge in [0, 0.05) is 25.7 Å². The highest BCUT2D eigenvalue weighted by Gasteiger charge is 2.26. The number of nitrogens with one attached hydrogen (secondary N) is 1. The van der Waals surface area contributed by atoms with Crippen molar-refractivity contribution in [2.75, 3.05) is 18.8 Å². The van der Waals surface area contributed by atoms with E-state index in [4.69, 9.17) is 8.83 Å². The SMILES string of the molecule is CCn1c(SCC(=O)NC2CCN(C(=O)c3ccco3)CC2)nnc1-c1ccco1. The zero-order valence-corrected chi connectivity index (χ0v) is 17.4. The van der Waals surface area contributed by atoms with Crippen molar-refractivity contribution in [2.24, 2.45) is 0 Å². The lowest BCUT2D eigenvalue weighted by Gasteiger charge is -2.31. The van der Waals surface area contributed by atoms with Crippen molar-refractivity contribution in [3.05, 3.63) is 42.6 Å². The molecule has 4 heterocycles. The van der Waals surface area contributed by atoms with Gasteiger partial charge in [0.15, 0.2) is 22.5 Å². The highest BCUT2D eigenvalue weighted by molar-refractivity contribution is 7.99. The Morgan fingerprint density at radius 3 is 2.60 bits per heavy atom. The smallest absolute Gasteiger partial charge is 0.289 e. The van der Waals surface area contributed by atoms with Crippen LogP contribution < -0.4 is 5.32 Å². The third kappa shape index (κ3) is 4.43. The minimum absolute atomic E-state index is 0.0546. The van der Waals surface area contributed by atoms with Gasteiger partial charge < -0.3 is 19.1 Å². The topological polar surface area (TPSA) is 106 Å². The summed E-state index contributed by atoms with van der Waals surface area (Å²) >= 11 is 1.35. The van der Waals surface area contributed by atoms with Crippen molar-refractivity contribution in [2.45, 2.75) is 37.5 Å². The van der Waals surface area contributed by atoms with Crippen molar-refractivity contribution in [1.82, 2.24) is 25.0 Å². The molecular weight excluding hydrogens is 406 g/mol. The number of hydrogen-bond acceptors (Lipinski definition) is 7. The Bertz CT molecular complexity index is 975. The zero-order chi connectivity index (χ0) is 20.9. The van der Waals surface area contributed by atoms with E-state index in [-0.39, 0.29) is 23.6 Å². The van der Waals surface area contributed by atoms with Crippen LogP contribution in [0.2, 0.25) is 0 Å². The second kappa shape index (κ2) is 9.21. The summed E-state index contributed by atoms with van der Waals surface area (Å²) in [7, 11) is 0. The minimum atomic E-state index is -0.105. The highest BCUT2D eigenvalue weighted by atomic mass is 32.2. The Morgan fingerprint density at radius 1 is 1.17 bits per heavy atom. The Balaban J connectivity index is 1.26. The summed E-state index contributed by atoms with van der Waals surface area (Å²) in [5.41, 5.74) is 0. The lowest BCUT2D eigenvalue weighted by atomic mass is 10.0. The first-order valence-electron chi connectivity index (χ1n) is 9.87. The van der Waals surface area contributed by atoms with E-state index in [9.17, 15) is 9.59 Å². The first kappa shape index (κ1) is 20.3. The molecule has 1 saturated heterocycles. The molecule has 1 aliphatic heterocycles.